The lowest BCUT2D eigenvalue weighted by Gasteiger charge is -2.16. The first-order valence-corrected chi connectivity index (χ1v) is 8.96. The van der Waals surface area contributed by atoms with Crippen LogP contribution < -0.4 is 5.32 Å². The molecular formula is C20H23N5O3. The standard InChI is InChI=1S/C20H23N5O3/c1-10-7-11(2)16(12(3)8-10)22-18(26)15(6)28-19(27)17-23-20-21-13(4)9-14(5)25(20)24-17/h7-9,15H,1-6H3,(H,22,26)/t15-/m0/s1. The summed E-state index contributed by atoms with van der Waals surface area (Å²) in [7, 11) is 0. The molecule has 2 aromatic heterocycles. The SMILES string of the molecule is Cc1cc(C)c(NC(=O)[C@H](C)OC(=O)c2nc3nc(C)cc(C)n3n2)c(C)c1. The number of aromatic nitrogens is 4. The van der Waals surface area contributed by atoms with E-state index in [9.17, 15) is 9.59 Å². The highest BCUT2D eigenvalue weighted by Crippen LogP contribution is 2.22. The number of benzene rings is 1. The molecule has 0 aliphatic carbocycles. The average molecular weight is 381 g/mol. The number of nitrogens with zero attached hydrogens (tertiary/aromatic N) is 4. The zero-order valence-corrected chi connectivity index (χ0v) is 16.8. The summed E-state index contributed by atoms with van der Waals surface area (Å²) in [4.78, 5) is 33.2. The molecule has 3 rings (SSSR count). The van der Waals surface area contributed by atoms with Crippen LogP contribution in [0.25, 0.3) is 5.78 Å². The number of esters is 1. The van der Waals surface area contributed by atoms with Crippen LogP contribution in [0.15, 0.2) is 18.2 Å². The van der Waals surface area contributed by atoms with Gasteiger partial charge in [-0.25, -0.2) is 14.3 Å². The van der Waals surface area contributed by atoms with E-state index in [0.29, 0.717) is 5.78 Å². The van der Waals surface area contributed by atoms with Crippen LogP contribution in [0, 0.1) is 34.6 Å². The van der Waals surface area contributed by atoms with Crippen molar-refractivity contribution < 1.29 is 14.3 Å². The first kappa shape index (κ1) is 19.5. The Morgan fingerprint density at radius 2 is 1.68 bits per heavy atom. The molecular weight excluding hydrogens is 358 g/mol. The van der Waals surface area contributed by atoms with Gasteiger partial charge in [0.25, 0.3) is 17.5 Å². The Morgan fingerprint density at radius 3 is 2.32 bits per heavy atom. The van der Waals surface area contributed by atoms with Crippen molar-refractivity contribution in [3.05, 3.63) is 52.1 Å². The fraction of sp³-hybridized carbons (Fsp3) is 0.350. The predicted octanol–water partition coefficient (Wildman–Crippen LogP) is 2.85. The smallest absolute Gasteiger partial charge is 0.379 e. The van der Waals surface area contributed by atoms with Gasteiger partial charge < -0.3 is 10.1 Å². The summed E-state index contributed by atoms with van der Waals surface area (Å²) < 4.78 is 6.72. The Labute approximate surface area is 163 Å². The fourth-order valence-corrected chi connectivity index (χ4v) is 3.12. The Hall–Kier alpha value is -3.29. The molecule has 0 aliphatic rings. The number of fused-ring (bicyclic) bond motifs is 1. The quantitative estimate of drug-likeness (QED) is 0.698. The molecule has 0 spiro atoms. The van der Waals surface area contributed by atoms with Crippen LogP contribution in [0.1, 0.15) is 45.6 Å². The lowest BCUT2D eigenvalue weighted by Crippen LogP contribution is -2.30. The third kappa shape index (κ3) is 3.85. The molecule has 2 heterocycles. The number of rotatable bonds is 4. The van der Waals surface area contributed by atoms with Crippen molar-refractivity contribution in [2.24, 2.45) is 0 Å². The topological polar surface area (TPSA) is 98.5 Å². The Morgan fingerprint density at radius 1 is 1.04 bits per heavy atom. The molecule has 0 saturated heterocycles. The van der Waals surface area contributed by atoms with Gasteiger partial charge in [-0.05, 0) is 58.7 Å². The Bertz CT molecular complexity index is 1060. The molecule has 1 amide bonds. The van der Waals surface area contributed by atoms with Crippen molar-refractivity contribution >= 4 is 23.3 Å². The first-order valence-electron chi connectivity index (χ1n) is 8.96. The normalized spacial score (nSPS) is 12.1. The van der Waals surface area contributed by atoms with Gasteiger partial charge in [-0.1, -0.05) is 17.7 Å². The summed E-state index contributed by atoms with van der Waals surface area (Å²) in [5.74, 6) is -1.02. The molecule has 0 unspecified atom stereocenters. The summed E-state index contributed by atoms with van der Waals surface area (Å²) in [5, 5.41) is 6.96. The van der Waals surface area contributed by atoms with Gasteiger partial charge in [0.1, 0.15) is 0 Å². The van der Waals surface area contributed by atoms with Crippen LogP contribution in [0.5, 0.6) is 0 Å². The molecule has 0 fully saturated rings. The van der Waals surface area contributed by atoms with Crippen molar-refractivity contribution in [3.63, 3.8) is 0 Å². The average Bonchev–Trinajstić information content (AvgIpc) is 3.02. The highest BCUT2D eigenvalue weighted by atomic mass is 16.5. The molecule has 1 atom stereocenters. The van der Waals surface area contributed by atoms with Gasteiger partial charge in [0, 0.05) is 17.1 Å². The molecule has 0 saturated carbocycles. The molecule has 0 bridgehead atoms. The van der Waals surface area contributed by atoms with E-state index in [-0.39, 0.29) is 5.82 Å². The van der Waals surface area contributed by atoms with E-state index in [1.807, 2.05) is 52.8 Å². The van der Waals surface area contributed by atoms with Gasteiger partial charge in [0.15, 0.2) is 6.10 Å². The van der Waals surface area contributed by atoms with Crippen LogP contribution >= 0.6 is 0 Å². The molecule has 1 N–H and O–H groups in total. The molecule has 8 heteroatoms. The van der Waals surface area contributed by atoms with Crippen LogP contribution in [0.2, 0.25) is 0 Å². The monoisotopic (exact) mass is 381 g/mol. The maximum atomic E-state index is 12.5. The van der Waals surface area contributed by atoms with Gasteiger partial charge >= 0.3 is 5.97 Å². The number of nitrogens with one attached hydrogen (secondary N) is 1. The molecule has 3 aromatic rings. The minimum Gasteiger partial charge on any atom is -0.447 e. The number of hydrogen-bond acceptors (Lipinski definition) is 6. The highest BCUT2D eigenvalue weighted by Gasteiger charge is 2.23. The second-order valence-corrected chi connectivity index (χ2v) is 7.00. The molecule has 28 heavy (non-hydrogen) atoms. The van der Waals surface area contributed by atoms with E-state index in [1.165, 1.54) is 11.4 Å². The minimum atomic E-state index is -1.00. The van der Waals surface area contributed by atoms with Crippen LogP contribution in [0.3, 0.4) is 0 Å². The molecule has 1 aromatic carbocycles. The van der Waals surface area contributed by atoms with Crippen LogP contribution in [0.4, 0.5) is 5.69 Å². The summed E-state index contributed by atoms with van der Waals surface area (Å²) >= 11 is 0. The molecule has 0 radical (unpaired) electrons. The number of aryl methyl sites for hydroxylation is 5. The summed E-state index contributed by atoms with van der Waals surface area (Å²) in [5.41, 5.74) is 5.30. The van der Waals surface area contributed by atoms with E-state index in [2.05, 4.69) is 20.4 Å². The van der Waals surface area contributed by atoms with E-state index in [0.717, 1.165) is 33.8 Å². The Kier molecular flexibility index (Phi) is 5.13. The van der Waals surface area contributed by atoms with E-state index >= 15 is 0 Å². The number of hydrogen-bond donors (Lipinski definition) is 1. The van der Waals surface area contributed by atoms with Crippen LogP contribution in [-0.4, -0.2) is 37.6 Å². The van der Waals surface area contributed by atoms with Gasteiger partial charge in [0.05, 0.1) is 0 Å². The Balaban J connectivity index is 1.74. The zero-order valence-electron chi connectivity index (χ0n) is 16.8. The van der Waals surface area contributed by atoms with E-state index in [1.54, 1.807) is 0 Å². The van der Waals surface area contributed by atoms with Gasteiger partial charge in [-0.3, -0.25) is 4.79 Å². The maximum Gasteiger partial charge on any atom is 0.379 e. The van der Waals surface area contributed by atoms with E-state index in [4.69, 9.17) is 4.74 Å². The van der Waals surface area contributed by atoms with Crippen molar-refractivity contribution in [1.29, 1.82) is 0 Å². The summed E-state index contributed by atoms with van der Waals surface area (Å²) in [6.45, 7) is 11.0. The first-order chi connectivity index (χ1) is 13.2. The van der Waals surface area contributed by atoms with Crippen molar-refractivity contribution in [3.8, 4) is 0 Å². The number of carbonyl (C=O) groups is 2. The van der Waals surface area contributed by atoms with Crippen molar-refractivity contribution in [1.82, 2.24) is 19.6 Å². The maximum absolute atomic E-state index is 12.5. The second kappa shape index (κ2) is 7.38. The largest absolute Gasteiger partial charge is 0.447 e. The third-order valence-corrected chi connectivity index (χ3v) is 4.38. The highest BCUT2D eigenvalue weighted by molar-refractivity contribution is 5.97. The predicted molar refractivity (Wildman–Crippen MR) is 104 cm³/mol. The van der Waals surface area contributed by atoms with Gasteiger partial charge in [-0.15, -0.1) is 5.10 Å². The summed E-state index contributed by atoms with van der Waals surface area (Å²) in [6, 6.07) is 5.80. The number of carbonyl (C=O) groups excluding carboxylic acids is 2. The van der Waals surface area contributed by atoms with E-state index < -0.39 is 18.0 Å². The van der Waals surface area contributed by atoms with Gasteiger partial charge in [-0.2, -0.15) is 4.98 Å². The summed E-state index contributed by atoms with van der Waals surface area (Å²) in [6.07, 6.45) is -1.00. The zero-order chi connectivity index (χ0) is 20.6. The lowest BCUT2D eigenvalue weighted by molar-refractivity contribution is -0.123. The lowest BCUT2D eigenvalue weighted by atomic mass is 10.0. The van der Waals surface area contributed by atoms with Crippen LogP contribution in [-0.2, 0) is 9.53 Å². The second-order valence-electron chi connectivity index (χ2n) is 7.00. The minimum absolute atomic E-state index is 0.136. The number of ether oxygens (including phenoxy) is 1. The number of amides is 1. The van der Waals surface area contributed by atoms with Crippen molar-refractivity contribution in [2.45, 2.75) is 47.6 Å². The fourth-order valence-electron chi connectivity index (χ4n) is 3.12. The molecule has 8 nitrogen and oxygen atoms in total. The third-order valence-electron chi connectivity index (χ3n) is 4.38. The number of anilines is 1. The van der Waals surface area contributed by atoms with Gasteiger partial charge in [0.2, 0.25) is 0 Å². The van der Waals surface area contributed by atoms with Crippen molar-refractivity contribution in [2.75, 3.05) is 5.32 Å². The molecule has 0 aliphatic heterocycles. The molecule has 146 valence electrons.